The van der Waals surface area contributed by atoms with Crippen LogP contribution in [0.15, 0.2) is 61.2 Å². The van der Waals surface area contributed by atoms with Crippen molar-refractivity contribution in [1.29, 1.82) is 0 Å². The molecule has 0 saturated heterocycles. The number of amides is 1. The lowest BCUT2D eigenvalue weighted by Crippen LogP contribution is -2.24. The van der Waals surface area contributed by atoms with Crippen LogP contribution in [0, 0.1) is 11.7 Å². The van der Waals surface area contributed by atoms with Gasteiger partial charge in [0.25, 0.3) is 0 Å². The van der Waals surface area contributed by atoms with Crippen LogP contribution in [0.2, 0.25) is 0 Å². The van der Waals surface area contributed by atoms with Crippen molar-refractivity contribution in [1.82, 2.24) is 35.1 Å². The number of hydrogen-bond acceptors (Lipinski definition) is 9. The Morgan fingerprint density at radius 2 is 1.76 bits per heavy atom. The molecular formula is C32H30FN9O3S. The molecule has 5 heterocycles. The summed E-state index contributed by atoms with van der Waals surface area (Å²) in [6.07, 6.45) is 12.6. The number of carbonyl (C=O) groups excluding carboxylic acids is 1. The third-order valence-electron chi connectivity index (χ3n) is 8.32. The molecule has 6 aromatic rings. The molecule has 5 aromatic heterocycles. The number of halogens is 1. The number of hydrogen-bond donors (Lipinski definition) is 4. The van der Waals surface area contributed by atoms with Gasteiger partial charge in [0.15, 0.2) is 21.4 Å². The van der Waals surface area contributed by atoms with E-state index < -0.39 is 21.0 Å². The first-order chi connectivity index (χ1) is 22.1. The number of aromatic nitrogens is 7. The Morgan fingerprint density at radius 3 is 2.57 bits per heavy atom. The average Bonchev–Trinajstić information content (AvgIpc) is 3.68. The van der Waals surface area contributed by atoms with Gasteiger partial charge < -0.3 is 16.0 Å². The van der Waals surface area contributed by atoms with Gasteiger partial charge in [0, 0.05) is 35.7 Å². The third kappa shape index (κ3) is 5.72. The highest BCUT2D eigenvalue weighted by Crippen LogP contribution is 2.33. The zero-order chi connectivity index (χ0) is 32.0. The van der Waals surface area contributed by atoms with Crippen molar-refractivity contribution in [2.45, 2.75) is 37.5 Å². The van der Waals surface area contributed by atoms with E-state index in [1.165, 1.54) is 24.8 Å². The molecule has 1 saturated carbocycles. The fourth-order valence-electron chi connectivity index (χ4n) is 5.92. The van der Waals surface area contributed by atoms with Crippen LogP contribution < -0.4 is 11.1 Å². The lowest BCUT2D eigenvalue weighted by Gasteiger charge is -2.20. The zero-order valence-electron chi connectivity index (χ0n) is 24.8. The van der Waals surface area contributed by atoms with Crippen molar-refractivity contribution in [3.8, 4) is 33.9 Å². The SMILES string of the molecule is CS(=O)(=O)C(N)c1cc(F)cc(-c2cncc3[nH]c(-c4n[nH]c5ccc(-c6cncc(NC(=O)C7CCCCC7)c6)nc45)nc23)c1. The maximum absolute atomic E-state index is 14.7. The quantitative estimate of drug-likeness (QED) is 0.180. The van der Waals surface area contributed by atoms with Crippen molar-refractivity contribution in [2.24, 2.45) is 11.7 Å². The molecule has 7 rings (SSSR count). The molecular weight excluding hydrogens is 609 g/mol. The minimum absolute atomic E-state index is 0.0191. The van der Waals surface area contributed by atoms with E-state index in [0.29, 0.717) is 56.1 Å². The Labute approximate surface area is 263 Å². The number of rotatable bonds is 7. The number of fused-ring (bicyclic) bond motifs is 2. The number of anilines is 1. The average molecular weight is 640 g/mol. The van der Waals surface area contributed by atoms with E-state index >= 15 is 0 Å². The maximum Gasteiger partial charge on any atom is 0.227 e. The number of benzene rings is 1. The van der Waals surface area contributed by atoms with E-state index in [0.717, 1.165) is 43.6 Å². The molecule has 1 aliphatic carbocycles. The summed E-state index contributed by atoms with van der Waals surface area (Å²) in [4.78, 5) is 34.3. The molecule has 1 aliphatic rings. The van der Waals surface area contributed by atoms with E-state index in [2.05, 4.69) is 30.5 Å². The van der Waals surface area contributed by atoms with Crippen LogP contribution in [-0.2, 0) is 14.6 Å². The van der Waals surface area contributed by atoms with Gasteiger partial charge in [0.05, 0.1) is 40.3 Å². The number of imidazole rings is 1. The summed E-state index contributed by atoms with van der Waals surface area (Å²) in [5.41, 5.74) is 11.6. The van der Waals surface area contributed by atoms with E-state index in [9.17, 15) is 17.6 Å². The normalized spacial score (nSPS) is 14.9. The Hall–Kier alpha value is -5.08. The van der Waals surface area contributed by atoms with Crippen LogP contribution in [0.3, 0.4) is 0 Å². The van der Waals surface area contributed by atoms with Crippen molar-refractivity contribution >= 4 is 43.5 Å². The van der Waals surface area contributed by atoms with Gasteiger partial charge in [-0.25, -0.2) is 22.8 Å². The van der Waals surface area contributed by atoms with Gasteiger partial charge in [0.1, 0.15) is 16.7 Å². The number of sulfone groups is 1. The van der Waals surface area contributed by atoms with Gasteiger partial charge in [-0.3, -0.25) is 19.9 Å². The minimum atomic E-state index is -3.66. The van der Waals surface area contributed by atoms with Gasteiger partial charge in [0.2, 0.25) is 5.91 Å². The summed E-state index contributed by atoms with van der Waals surface area (Å²) in [5.74, 6) is -0.198. The van der Waals surface area contributed by atoms with Crippen LogP contribution >= 0.6 is 0 Å². The Morgan fingerprint density at radius 1 is 0.957 bits per heavy atom. The molecule has 0 spiro atoms. The fraction of sp³-hybridized carbons (Fsp3) is 0.250. The second kappa shape index (κ2) is 11.7. The number of carbonyl (C=O) groups is 1. The van der Waals surface area contributed by atoms with Crippen LogP contribution in [0.25, 0.3) is 56.0 Å². The number of pyridine rings is 3. The topological polar surface area (TPSA) is 185 Å². The largest absolute Gasteiger partial charge is 0.335 e. The van der Waals surface area contributed by atoms with Crippen LogP contribution in [-0.4, -0.2) is 55.7 Å². The predicted octanol–water partition coefficient (Wildman–Crippen LogP) is 5.29. The Kier molecular flexibility index (Phi) is 7.53. The Balaban J connectivity index is 1.23. The van der Waals surface area contributed by atoms with Crippen molar-refractivity contribution in [3.63, 3.8) is 0 Å². The number of nitrogens with two attached hydrogens (primary N) is 1. The molecule has 12 nitrogen and oxygen atoms in total. The molecule has 5 N–H and O–H groups in total. The lowest BCUT2D eigenvalue weighted by molar-refractivity contribution is -0.120. The first-order valence-corrected chi connectivity index (χ1v) is 16.8. The second-order valence-corrected chi connectivity index (χ2v) is 13.8. The summed E-state index contributed by atoms with van der Waals surface area (Å²) < 4.78 is 38.8. The summed E-state index contributed by atoms with van der Waals surface area (Å²) in [6.45, 7) is 0. The maximum atomic E-state index is 14.7. The predicted molar refractivity (Wildman–Crippen MR) is 172 cm³/mol. The summed E-state index contributed by atoms with van der Waals surface area (Å²) in [7, 11) is -3.66. The van der Waals surface area contributed by atoms with Crippen LogP contribution in [0.1, 0.15) is 43.0 Å². The lowest BCUT2D eigenvalue weighted by atomic mass is 9.88. The monoisotopic (exact) mass is 639 g/mol. The number of nitrogens with one attached hydrogen (secondary N) is 3. The number of H-pyrrole nitrogens is 2. The number of nitrogens with zero attached hydrogens (tertiary/aromatic N) is 5. The number of aromatic amines is 2. The molecule has 0 bridgehead atoms. The van der Waals surface area contributed by atoms with E-state index in [4.69, 9.17) is 15.7 Å². The van der Waals surface area contributed by atoms with E-state index in [1.54, 1.807) is 18.6 Å². The van der Waals surface area contributed by atoms with Gasteiger partial charge in [-0.05, 0) is 60.4 Å². The van der Waals surface area contributed by atoms with Crippen molar-refractivity contribution in [3.05, 3.63) is 72.6 Å². The van der Waals surface area contributed by atoms with Crippen LogP contribution in [0.5, 0.6) is 0 Å². The van der Waals surface area contributed by atoms with Gasteiger partial charge in [-0.1, -0.05) is 19.3 Å². The summed E-state index contributed by atoms with van der Waals surface area (Å²) in [6, 6.07) is 9.46. The van der Waals surface area contributed by atoms with Crippen molar-refractivity contribution in [2.75, 3.05) is 11.6 Å². The van der Waals surface area contributed by atoms with E-state index in [-0.39, 0.29) is 17.4 Å². The highest BCUT2D eigenvalue weighted by Gasteiger charge is 2.23. The second-order valence-electron chi connectivity index (χ2n) is 11.6. The highest BCUT2D eigenvalue weighted by atomic mass is 32.2. The molecule has 1 amide bonds. The highest BCUT2D eigenvalue weighted by molar-refractivity contribution is 7.90. The smallest absolute Gasteiger partial charge is 0.227 e. The van der Waals surface area contributed by atoms with Gasteiger partial charge in [-0.2, -0.15) is 5.10 Å². The molecule has 0 aliphatic heterocycles. The molecule has 234 valence electrons. The molecule has 14 heteroatoms. The third-order valence-corrected chi connectivity index (χ3v) is 9.52. The summed E-state index contributed by atoms with van der Waals surface area (Å²) in [5, 5.41) is 9.09. The fourth-order valence-corrected chi connectivity index (χ4v) is 6.55. The van der Waals surface area contributed by atoms with Gasteiger partial charge >= 0.3 is 0 Å². The molecule has 1 unspecified atom stereocenters. The minimum Gasteiger partial charge on any atom is -0.335 e. The molecule has 1 fully saturated rings. The van der Waals surface area contributed by atoms with Gasteiger partial charge in [-0.15, -0.1) is 0 Å². The molecule has 0 radical (unpaired) electrons. The molecule has 1 aromatic carbocycles. The first-order valence-electron chi connectivity index (χ1n) is 14.8. The van der Waals surface area contributed by atoms with Crippen LogP contribution in [0.4, 0.5) is 10.1 Å². The molecule has 46 heavy (non-hydrogen) atoms. The zero-order valence-corrected chi connectivity index (χ0v) is 25.6. The van der Waals surface area contributed by atoms with E-state index in [1.807, 2.05) is 18.2 Å². The standard InChI is InChI=1S/C32H30FN9O3S/c1-46(44,45)30(34)19-9-18(10-21(33)11-19)23-15-36-16-26-27(23)40-31(39-26)29-28-25(41-42-29)8-7-24(38-28)20-12-22(14-35-13-20)37-32(43)17-5-3-2-4-6-17/h7-17,30H,2-6,34H2,1H3,(H,37,43)(H,39,40)(H,41,42). The Bertz CT molecular complexity index is 2230. The van der Waals surface area contributed by atoms with Crippen molar-refractivity contribution < 1.29 is 17.6 Å². The molecule has 1 atom stereocenters. The first kappa shape index (κ1) is 29.6. The summed E-state index contributed by atoms with van der Waals surface area (Å²) >= 11 is 0.